The standard InChI is InChI=1S/C13H23N5O3/c1-17-9-12(18(19)20)13(16-17)15-7-2-8-21-11-5-3-10(14)4-6-11/h9-11H,2-8,14H2,1H3,(H,15,16). The number of nitrogens with zero attached hydrogens (tertiary/aromatic N) is 3. The van der Waals surface area contributed by atoms with Gasteiger partial charge in [-0.15, -0.1) is 5.10 Å². The first-order valence-corrected chi connectivity index (χ1v) is 7.35. The van der Waals surface area contributed by atoms with E-state index in [-0.39, 0.29) is 5.69 Å². The van der Waals surface area contributed by atoms with Crippen molar-refractivity contribution in [1.29, 1.82) is 0 Å². The molecule has 1 saturated carbocycles. The van der Waals surface area contributed by atoms with Crippen LogP contribution in [0.25, 0.3) is 0 Å². The average Bonchev–Trinajstić information content (AvgIpc) is 2.82. The monoisotopic (exact) mass is 297 g/mol. The van der Waals surface area contributed by atoms with Crippen LogP contribution in [0.15, 0.2) is 6.20 Å². The molecule has 3 N–H and O–H groups in total. The maximum atomic E-state index is 10.8. The van der Waals surface area contributed by atoms with E-state index in [0.29, 0.717) is 31.1 Å². The van der Waals surface area contributed by atoms with E-state index in [1.807, 2.05) is 0 Å². The number of aromatic nitrogens is 2. The summed E-state index contributed by atoms with van der Waals surface area (Å²) in [5, 5.41) is 17.9. The van der Waals surface area contributed by atoms with E-state index in [1.165, 1.54) is 10.9 Å². The quantitative estimate of drug-likeness (QED) is 0.447. The highest BCUT2D eigenvalue weighted by Crippen LogP contribution is 2.22. The highest BCUT2D eigenvalue weighted by Gasteiger charge is 2.19. The minimum Gasteiger partial charge on any atom is -0.378 e. The van der Waals surface area contributed by atoms with Crippen molar-refractivity contribution in [2.24, 2.45) is 12.8 Å². The molecule has 1 aliphatic rings. The fourth-order valence-corrected chi connectivity index (χ4v) is 2.52. The van der Waals surface area contributed by atoms with E-state index in [2.05, 4.69) is 10.4 Å². The Balaban J connectivity index is 1.65. The Morgan fingerprint density at radius 2 is 2.24 bits per heavy atom. The Labute approximate surface area is 123 Å². The van der Waals surface area contributed by atoms with Crippen LogP contribution in [-0.2, 0) is 11.8 Å². The molecule has 0 radical (unpaired) electrons. The van der Waals surface area contributed by atoms with Crippen LogP contribution in [0.4, 0.5) is 11.5 Å². The molecule has 8 nitrogen and oxygen atoms in total. The summed E-state index contributed by atoms with van der Waals surface area (Å²) in [6, 6.07) is 0.330. The number of nitrogens with one attached hydrogen (secondary N) is 1. The summed E-state index contributed by atoms with van der Waals surface area (Å²) < 4.78 is 7.23. The third-order valence-electron chi connectivity index (χ3n) is 3.69. The van der Waals surface area contributed by atoms with Gasteiger partial charge in [0.05, 0.1) is 11.0 Å². The molecule has 2 rings (SSSR count). The second kappa shape index (κ2) is 7.37. The fraction of sp³-hybridized carbons (Fsp3) is 0.769. The SMILES string of the molecule is Cn1cc([N+](=O)[O-])c(NCCCOC2CCC(N)CC2)n1. The van der Waals surface area contributed by atoms with E-state index < -0.39 is 4.92 Å². The average molecular weight is 297 g/mol. The van der Waals surface area contributed by atoms with Gasteiger partial charge in [-0.1, -0.05) is 0 Å². The molecular weight excluding hydrogens is 274 g/mol. The Morgan fingerprint density at radius 3 is 2.90 bits per heavy atom. The van der Waals surface area contributed by atoms with Crippen LogP contribution in [0.5, 0.6) is 0 Å². The predicted octanol–water partition coefficient (Wildman–Crippen LogP) is 1.42. The molecular formula is C13H23N5O3. The van der Waals surface area contributed by atoms with E-state index in [4.69, 9.17) is 10.5 Å². The van der Waals surface area contributed by atoms with Crippen molar-refractivity contribution in [3.8, 4) is 0 Å². The molecule has 21 heavy (non-hydrogen) atoms. The van der Waals surface area contributed by atoms with Gasteiger partial charge in [-0.2, -0.15) is 0 Å². The summed E-state index contributed by atoms with van der Waals surface area (Å²) in [5.41, 5.74) is 5.85. The maximum Gasteiger partial charge on any atom is 0.330 e. The lowest BCUT2D eigenvalue weighted by atomic mass is 9.94. The molecule has 118 valence electrons. The largest absolute Gasteiger partial charge is 0.378 e. The highest BCUT2D eigenvalue weighted by molar-refractivity contribution is 5.54. The summed E-state index contributed by atoms with van der Waals surface area (Å²) >= 11 is 0. The van der Waals surface area contributed by atoms with Crippen molar-refractivity contribution < 1.29 is 9.66 Å². The van der Waals surface area contributed by atoms with Gasteiger partial charge >= 0.3 is 5.69 Å². The first-order chi connectivity index (χ1) is 10.1. The number of aryl methyl sites for hydroxylation is 1. The summed E-state index contributed by atoms with van der Waals surface area (Å²) in [4.78, 5) is 10.4. The normalized spacial score (nSPS) is 22.2. The molecule has 1 aromatic rings. The zero-order valence-electron chi connectivity index (χ0n) is 12.3. The number of ether oxygens (including phenoxy) is 1. The molecule has 1 aromatic heterocycles. The third kappa shape index (κ3) is 4.68. The van der Waals surface area contributed by atoms with Crippen molar-refractivity contribution in [1.82, 2.24) is 9.78 Å². The molecule has 0 spiro atoms. The number of nitrogens with two attached hydrogens (primary N) is 1. The van der Waals surface area contributed by atoms with Crippen LogP contribution in [0.1, 0.15) is 32.1 Å². The lowest BCUT2D eigenvalue weighted by molar-refractivity contribution is -0.384. The third-order valence-corrected chi connectivity index (χ3v) is 3.69. The molecule has 0 unspecified atom stereocenters. The number of anilines is 1. The van der Waals surface area contributed by atoms with Crippen molar-refractivity contribution in [3.05, 3.63) is 16.3 Å². The Kier molecular flexibility index (Phi) is 5.51. The summed E-state index contributed by atoms with van der Waals surface area (Å²) in [7, 11) is 1.66. The Morgan fingerprint density at radius 1 is 1.52 bits per heavy atom. The van der Waals surface area contributed by atoms with Crippen molar-refractivity contribution in [2.75, 3.05) is 18.5 Å². The van der Waals surface area contributed by atoms with Gasteiger partial charge in [0, 0.05) is 26.2 Å². The molecule has 0 atom stereocenters. The second-order valence-electron chi connectivity index (χ2n) is 5.48. The van der Waals surface area contributed by atoms with Crippen LogP contribution in [0.2, 0.25) is 0 Å². The van der Waals surface area contributed by atoms with Gasteiger partial charge in [0.25, 0.3) is 0 Å². The smallest absolute Gasteiger partial charge is 0.330 e. The fourth-order valence-electron chi connectivity index (χ4n) is 2.52. The van der Waals surface area contributed by atoms with E-state index in [1.54, 1.807) is 7.05 Å². The second-order valence-corrected chi connectivity index (χ2v) is 5.48. The Bertz CT molecular complexity index is 468. The molecule has 8 heteroatoms. The lowest BCUT2D eigenvalue weighted by Gasteiger charge is -2.26. The van der Waals surface area contributed by atoms with Crippen LogP contribution >= 0.6 is 0 Å². The number of rotatable bonds is 7. The number of nitro groups is 1. The van der Waals surface area contributed by atoms with Gasteiger partial charge in [0.1, 0.15) is 6.20 Å². The van der Waals surface area contributed by atoms with Gasteiger partial charge in [0.2, 0.25) is 5.82 Å². The summed E-state index contributed by atoms with van der Waals surface area (Å²) in [6.07, 6.45) is 6.61. The molecule has 0 aliphatic heterocycles. The van der Waals surface area contributed by atoms with E-state index in [0.717, 1.165) is 32.1 Å². The van der Waals surface area contributed by atoms with Gasteiger partial charge in [-0.05, 0) is 32.1 Å². The van der Waals surface area contributed by atoms with E-state index in [9.17, 15) is 10.1 Å². The molecule has 0 bridgehead atoms. The number of hydrogen-bond donors (Lipinski definition) is 2. The minimum absolute atomic E-state index is 0.000290. The molecule has 0 saturated heterocycles. The van der Waals surface area contributed by atoms with Crippen molar-refractivity contribution in [2.45, 2.75) is 44.2 Å². The molecule has 1 fully saturated rings. The summed E-state index contributed by atoms with van der Waals surface area (Å²) in [5.74, 6) is 0.311. The number of hydrogen-bond acceptors (Lipinski definition) is 6. The van der Waals surface area contributed by atoms with Crippen LogP contribution in [-0.4, -0.2) is 40.0 Å². The van der Waals surface area contributed by atoms with Crippen molar-refractivity contribution >= 4 is 11.5 Å². The molecule has 0 aromatic carbocycles. The lowest BCUT2D eigenvalue weighted by Crippen LogP contribution is -2.30. The first-order valence-electron chi connectivity index (χ1n) is 7.35. The topological polar surface area (TPSA) is 108 Å². The zero-order chi connectivity index (χ0) is 15.2. The van der Waals surface area contributed by atoms with Crippen LogP contribution in [0, 0.1) is 10.1 Å². The van der Waals surface area contributed by atoms with Crippen LogP contribution < -0.4 is 11.1 Å². The predicted molar refractivity (Wildman–Crippen MR) is 79.2 cm³/mol. The van der Waals surface area contributed by atoms with Gasteiger partial charge in [0.15, 0.2) is 0 Å². The van der Waals surface area contributed by atoms with Crippen LogP contribution in [0.3, 0.4) is 0 Å². The molecule has 1 aliphatic carbocycles. The van der Waals surface area contributed by atoms with Crippen molar-refractivity contribution in [3.63, 3.8) is 0 Å². The van der Waals surface area contributed by atoms with Gasteiger partial charge in [-0.3, -0.25) is 14.8 Å². The highest BCUT2D eigenvalue weighted by atomic mass is 16.6. The Hall–Kier alpha value is -1.67. The maximum absolute atomic E-state index is 10.8. The van der Waals surface area contributed by atoms with Gasteiger partial charge < -0.3 is 15.8 Å². The van der Waals surface area contributed by atoms with Gasteiger partial charge in [-0.25, -0.2) is 0 Å². The summed E-state index contributed by atoms with van der Waals surface area (Å²) in [6.45, 7) is 1.25. The first kappa shape index (κ1) is 15.7. The van der Waals surface area contributed by atoms with E-state index >= 15 is 0 Å². The molecule has 0 amide bonds. The zero-order valence-corrected chi connectivity index (χ0v) is 12.3. The minimum atomic E-state index is -0.433. The molecule has 1 heterocycles.